The summed E-state index contributed by atoms with van der Waals surface area (Å²) in [5.74, 6) is -0.0852. The first-order valence-corrected chi connectivity index (χ1v) is 8.33. The Kier molecular flexibility index (Phi) is 6.55. The Morgan fingerprint density at radius 1 is 1.33 bits per heavy atom. The molecule has 0 radical (unpaired) electrons. The molecule has 2 N–H and O–H groups in total. The van der Waals surface area contributed by atoms with Crippen LogP contribution in [0.4, 0.5) is 5.69 Å². The molecule has 126 valence electrons. The summed E-state index contributed by atoms with van der Waals surface area (Å²) >= 11 is 2.21. The number of pyridine rings is 2. The van der Waals surface area contributed by atoms with Gasteiger partial charge in [0.15, 0.2) is 18.9 Å². The van der Waals surface area contributed by atoms with E-state index in [0.717, 1.165) is 21.6 Å². The molecule has 0 aromatic carbocycles. The van der Waals surface area contributed by atoms with Crippen LogP contribution in [0.15, 0.2) is 49.1 Å². The molecule has 0 fully saturated rings. The van der Waals surface area contributed by atoms with Crippen LogP contribution in [-0.4, -0.2) is 28.9 Å². The van der Waals surface area contributed by atoms with Gasteiger partial charge < -0.3 is 27.6 Å². The SMILES string of the molecule is CNc1cc[n+](CCNC(=O)c2ccn3c(I)cnc3c2)cc1.[Br-]. The first kappa shape index (κ1) is 18.7. The molecule has 0 aliphatic heterocycles. The third kappa shape index (κ3) is 4.23. The Morgan fingerprint density at radius 2 is 2.08 bits per heavy atom. The maximum atomic E-state index is 12.2. The van der Waals surface area contributed by atoms with E-state index < -0.39 is 0 Å². The zero-order chi connectivity index (χ0) is 16.2. The highest BCUT2D eigenvalue weighted by atomic mass is 127. The molecule has 1 amide bonds. The number of carbonyl (C=O) groups excluding carboxylic acids is 1. The zero-order valence-corrected chi connectivity index (χ0v) is 16.8. The van der Waals surface area contributed by atoms with E-state index in [4.69, 9.17) is 0 Å². The summed E-state index contributed by atoms with van der Waals surface area (Å²) < 4.78 is 4.99. The van der Waals surface area contributed by atoms with Crippen LogP contribution >= 0.6 is 22.6 Å². The Balaban J connectivity index is 0.00000208. The van der Waals surface area contributed by atoms with E-state index >= 15 is 0 Å². The summed E-state index contributed by atoms with van der Waals surface area (Å²) in [6.45, 7) is 1.29. The van der Waals surface area contributed by atoms with E-state index in [2.05, 4.69) is 38.2 Å². The molecule has 3 rings (SSSR count). The van der Waals surface area contributed by atoms with Crippen molar-refractivity contribution in [2.24, 2.45) is 0 Å². The molecular formula is C16H17BrIN5O. The van der Waals surface area contributed by atoms with Crippen molar-refractivity contribution >= 4 is 39.8 Å². The van der Waals surface area contributed by atoms with Gasteiger partial charge in [0, 0.05) is 36.6 Å². The lowest BCUT2D eigenvalue weighted by molar-refractivity contribution is -0.694. The quantitative estimate of drug-likeness (QED) is 0.337. The van der Waals surface area contributed by atoms with Gasteiger partial charge in [0.1, 0.15) is 9.35 Å². The third-order valence-electron chi connectivity index (χ3n) is 3.57. The van der Waals surface area contributed by atoms with Crippen molar-refractivity contribution in [1.29, 1.82) is 0 Å². The molecule has 8 heteroatoms. The number of nitrogens with zero attached hydrogens (tertiary/aromatic N) is 3. The fourth-order valence-electron chi connectivity index (χ4n) is 2.26. The zero-order valence-electron chi connectivity index (χ0n) is 13.0. The predicted molar refractivity (Wildman–Crippen MR) is 96.4 cm³/mol. The molecule has 0 aliphatic rings. The second-order valence-corrected chi connectivity index (χ2v) is 6.16. The van der Waals surface area contributed by atoms with E-state index in [1.165, 1.54) is 0 Å². The molecule has 3 aromatic heterocycles. The highest BCUT2D eigenvalue weighted by Gasteiger charge is 2.09. The van der Waals surface area contributed by atoms with Crippen LogP contribution in [-0.2, 0) is 6.54 Å². The summed E-state index contributed by atoms with van der Waals surface area (Å²) in [7, 11) is 1.89. The minimum absolute atomic E-state index is 0. The van der Waals surface area contributed by atoms with Crippen LogP contribution in [0.1, 0.15) is 10.4 Å². The van der Waals surface area contributed by atoms with Crippen LogP contribution in [0.5, 0.6) is 0 Å². The van der Waals surface area contributed by atoms with Gasteiger partial charge in [-0.3, -0.25) is 9.20 Å². The number of carbonyl (C=O) groups is 1. The van der Waals surface area contributed by atoms with Crippen molar-refractivity contribution < 1.29 is 26.3 Å². The minimum atomic E-state index is -0.0852. The van der Waals surface area contributed by atoms with Crippen molar-refractivity contribution in [1.82, 2.24) is 14.7 Å². The number of hydrogen-bond acceptors (Lipinski definition) is 3. The minimum Gasteiger partial charge on any atom is -1.00 e. The van der Waals surface area contributed by atoms with Gasteiger partial charge in [0.2, 0.25) is 0 Å². The number of rotatable bonds is 5. The number of nitrogens with one attached hydrogen (secondary N) is 2. The molecule has 0 atom stereocenters. The van der Waals surface area contributed by atoms with Gasteiger partial charge in [-0.15, -0.1) is 0 Å². The number of imidazole rings is 1. The maximum Gasteiger partial charge on any atom is 0.251 e. The van der Waals surface area contributed by atoms with Crippen LogP contribution in [0, 0.1) is 3.70 Å². The largest absolute Gasteiger partial charge is 1.00 e. The normalized spacial score (nSPS) is 10.2. The maximum absolute atomic E-state index is 12.2. The number of fused-ring (bicyclic) bond motifs is 1. The first-order chi connectivity index (χ1) is 11.2. The molecule has 0 spiro atoms. The van der Waals surface area contributed by atoms with Gasteiger partial charge in [-0.2, -0.15) is 0 Å². The summed E-state index contributed by atoms with van der Waals surface area (Å²) in [5.41, 5.74) is 2.46. The van der Waals surface area contributed by atoms with Crippen LogP contribution in [0.25, 0.3) is 5.65 Å². The molecule has 0 saturated carbocycles. The van der Waals surface area contributed by atoms with E-state index in [0.29, 0.717) is 12.1 Å². The number of anilines is 1. The van der Waals surface area contributed by atoms with Crippen LogP contribution in [0.3, 0.4) is 0 Å². The molecule has 3 heterocycles. The monoisotopic (exact) mass is 501 g/mol. The molecule has 3 aromatic rings. The van der Waals surface area contributed by atoms with Crippen molar-refractivity contribution in [2.45, 2.75) is 6.54 Å². The van der Waals surface area contributed by atoms with Crippen molar-refractivity contribution in [3.05, 3.63) is 58.3 Å². The van der Waals surface area contributed by atoms with Gasteiger partial charge in [0.05, 0.1) is 12.7 Å². The smallest absolute Gasteiger partial charge is 0.251 e. The lowest BCUT2D eigenvalue weighted by Crippen LogP contribution is -3.00. The molecule has 0 unspecified atom stereocenters. The summed E-state index contributed by atoms with van der Waals surface area (Å²) in [5, 5.41) is 6.01. The highest BCUT2D eigenvalue weighted by Crippen LogP contribution is 2.11. The Hall–Kier alpha value is -1.68. The third-order valence-corrected chi connectivity index (χ3v) is 4.36. The molecule has 0 bridgehead atoms. The fraction of sp³-hybridized carbons (Fsp3) is 0.188. The van der Waals surface area contributed by atoms with Crippen molar-refractivity contribution in [2.75, 3.05) is 18.9 Å². The number of aromatic nitrogens is 3. The predicted octanol–water partition coefficient (Wildman–Crippen LogP) is -1.30. The number of halogens is 2. The highest BCUT2D eigenvalue weighted by molar-refractivity contribution is 14.1. The standard InChI is InChI=1S/C16H16IN5O.BrH/c1-18-13-3-6-21(7-4-13)9-5-19-16(23)12-2-8-22-14(17)11-20-15(22)10-12;/h2-4,6-8,10-11H,5,9H2,1H3,(H,19,23);1H. The average molecular weight is 502 g/mol. The Bertz CT molecular complexity index is 834. The van der Waals surface area contributed by atoms with Gasteiger partial charge >= 0.3 is 0 Å². The molecule has 0 saturated heterocycles. The van der Waals surface area contributed by atoms with Gasteiger partial charge in [-0.25, -0.2) is 9.55 Å². The topological polar surface area (TPSA) is 62.3 Å². The fourth-order valence-corrected chi connectivity index (χ4v) is 2.81. The van der Waals surface area contributed by atoms with Gasteiger partial charge in [-0.05, 0) is 34.7 Å². The second kappa shape index (κ2) is 8.43. The average Bonchev–Trinajstić information content (AvgIpc) is 2.96. The van der Waals surface area contributed by atoms with E-state index in [1.54, 1.807) is 18.3 Å². The summed E-state index contributed by atoms with van der Waals surface area (Å²) in [6, 6.07) is 7.60. The number of hydrogen-bond donors (Lipinski definition) is 2. The van der Waals surface area contributed by atoms with Gasteiger partial charge in [0.25, 0.3) is 5.91 Å². The van der Waals surface area contributed by atoms with E-state index in [1.807, 2.05) is 46.7 Å². The van der Waals surface area contributed by atoms with E-state index in [-0.39, 0.29) is 22.9 Å². The van der Waals surface area contributed by atoms with Gasteiger partial charge in [-0.1, -0.05) is 0 Å². The lowest BCUT2D eigenvalue weighted by atomic mass is 10.2. The first-order valence-electron chi connectivity index (χ1n) is 7.25. The lowest BCUT2D eigenvalue weighted by Gasteiger charge is -2.04. The molecular weight excluding hydrogens is 485 g/mol. The summed E-state index contributed by atoms with van der Waals surface area (Å²) in [4.78, 5) is 16.5. The molecule has 0 aliphatic carbocycles. The Labute approximate surface area is 164 Å². The van der Waals surface area contributed by atoms with Crippen molar-refractivity contribution in [3.63, 3.8) is 0 Å². The van der Waals surface area contributed by atoms with Crippen LogP contribution in [0.2, 0.25) is 0 Å². The van der Waals surface area contributed by atoms with Crippen molar-refractivity contribution in [3.8, 4) is 0 Å². The second-order valence-electron chi connectivity index (χ2n) is 5.06. The molecule has 24 heavy (non-hydrogen) atoms. The van der Waals surface area contributed by atoms with E-state index in [9.17, 15) is 4.79 Å². The molecule has 6 nitrogen and oxygen atoms in total. The van der Waals surface area contributed by atoms with Crippen LogP contribution < -0.4 is 32.2 Å². The summed E-state index contributed by atoms with van der Waals surface area (Å²) in [6.07, 6.45) is 7.61. The Morgan fingerprint density at radius 3 is 2.79 bits per heavy atom. The number of amides is 1.